The Morgan fingerprint density at radius 1 is 0.941 bits per heavy atom. The lowest BCUT2D eigenvalue weighted by Crippen LogP contribution is -2.58. The lowest BCUT2D eigenvalue weighted by Gasteiger charge is -2.41. The molecule has 6 heteroatoms. The third-order valence-electron chi connectivity index (χ3n) is 3.14. The van der Waals surface area contributed by atoms with E-state index in [0.29, 0.717) is 6.61 Å². The van der Waals surface area contributed by atoms with Gasteiger partial charge in [0.25, 0.3) is 0 Å². The summed E-state index contributed by atoms with van der Waals surface area (Å²) in [5, 5.41) is 0. The number of fused-ring (bicyclic) bond motifs is 1. The van der Waals surface area contributed by atoms with Crippen LogP contribution in [-0.4, -0.2) is 64.9 Å². The van der Waals surface area contributed by atoms with E-state index < -0.39 is 6.29 Å². The van der Waals surface area contributed by atoms with Crippen LogP contribution < -0.4 is 0 Å². The third kappa shape index (κ3) is 2.47. The molecule has 0 spiro atoms. The third-order valence-corrected chi connectivity index (χ3v) is 3.14. The first-order valence-corrected chi connectivity index (χ1v) is 5.72. The molecule has 2 aliphatic heterocycles. The van der Waals surface area contributed by atoms with Gasteiger partial charge < -0.3 is 28.4 Å². The van der Waals surface area contributed by atoms with Gasteiger partial charge in [-0.2, -0.15) is 0 Å². The maximum absolute atomic E-state index is 5.78. The number of hydrogen-bond acceptors (Lipinski definition) is 6. The van der Waals surface area contributed by atoms with E-state index in [1.807, 2.05) is 6.92 Å². The highest BCUT2D eigenvalue weighted by atomic mass is 16.8. The maximum Gasteiger partial charge on any atom is 0.190 e. The summed E-state index contributed by atoms with van der Waals surface area (Å²) in [5.41, 5.74) is 0. The molecule has 0 bridgehead atoms. The minimum Gasteiger partial charge on any atom is -0.382 e. The van der Waals surface area contributed by atoms with Crippen LogP contribution in [-0.2, 0) is 28.4 Å². The Balaban J connectivity index is 2.13. The number of methoxy groups -OCH3 is 3. The second-order valence-electron chi connectivity index (χ2n) is 4.20. The molecule has 0 saturated carbocycles. The van der Waals surface area contributed by atoms with E-state index in [4.69, 9.17) is 28.4 Å². The average molecular weight is 248 g/mol. The molecule has 6 unspecified atom stereocenters. The predicted octanol–water partition coefficient (Wildman–Crippen LogP) is 0.149. The van der Waals surface area contributed by atoms with Crippen LogP contribution in [0.1, 0.15) is 6.92 Å². The molecule has 2 heterocycles. The molecule has 0 amide bonds. The minimum atomic E-state index is -0.415. The SMILES string of the molecule is COCC1OC2OC(C)OC2C(OC)C1OC. The van der Waals surface area contributed by atoms with Gasteiger partial charge in [-0.3, -0.25) is 0 Å². The van der Waals surface area contributed by atoms with Crippen LogP contribution in [0.5, 0.6) is 0 Å². The van der Waals surface area contributed by atoms with Crippen molar-refractivity contribution in [1.29, 1.82) is 0 Å². The molecule has 0 aromatic rings. The molecule has 17 heavy (non-hydrogen) atoms. The highest BCUT2D eigenvalue weighted by Gasteiger charge is 2.52. The molecule has 0 aliphatic carbocycles. The van der Waals surface area contributed by atoms with Crippen LogP contribution in [0.3, 0.4) is 0 Å². The van der Waals surface area contributed by atoms with Gasteiger partial charge in [-0.1, -0.05) is 0 Å². The Hall–Kier alpha value is -0.240. The summed E-state index contributed by atoms with van der Waals surface area (Å²) < 4.78 is 33.0. The smallest absolute Gasteiger partial charge is 0.190 e. The molecule has 2 rings (SSSR count). The second-order valence-corrected chi connectivity index (χ2v) is 4.20. The first kappa shape index (κ1) is 13.2. The fourth-order valence-electron chi connectivity index (χ4n) is 2.43. The van der Waals surface area contributed by atoms with E-state index in [1.54, 1.807) is 21.3 Å². The number of hydrogen-bond donors (Lipinski definition) is 0. The normalized spacial score (nSPS) is 45.9. The van der Waals surface area contributed by atoms with Gasteiger partial charge in [0.05, 0.1) is 6.61 Å². The number of ether oxygens (including phenoxy) is 6. The molecule has 2 saturated heterocycles. The lowest BCUT2D eigenvalue weighted by molar-refractivity contribution is -0.263. The van der Waals surface area contributed by atoms with Crippen LogP contribution in [0.15, 0.2) is 0 Å². The molecule has 0 aromatic carbocycles. The van der Waals surface area contributed by atoms with Crippen LogP contribution >= 0.6 is 0 Å². The average Bonchev–Trinajstić information content (AvgIpc) is 2.67. The molecule has 100 valence electrons. The molecule has 2 aliphatic rings. The van der Waals surface area contributed by atoms with E-state index in [-0.39, 0.29) is 30.7 Å². The Kier molecular flexibility index (Phi) is 4.35. The highest BCUT2D eigenvalue weighted by molar-refractivity contribution is 4.94. The Bertz CT molecular complexity index is 248. The lowest BCUT2D eigenvalue weighted by atomic mass is 9.99. The van der Waals surface area contributed by atoms with Gasteiger partial charge in [-0.25, -0.2) is 0 Å². The van der Waals surface area contributed by atoms with Gasteiger partial charge in [0, 0.05) is 21.3 Å². The first-order chi connectivity index (χ1) is 8.21. The molecular formula is C11H20O6. The summed E-state index contributed by atoms with van der Waals surface area (Å²) in [7, 11) is 4.89. The van der Waals surface area contributed by atoms with Gasteiger partial charge in [-0.05, 0) is 6.92 Å². The second kappa shape index (κ2) is 5.60. The summed E-state index contributed by atoms with van der Waals surface area (Å²) in [4.78, 5) is 0. The van der Waals surface area contributed by atoms with Crippen molar-refractivity contribution in [2.75, 3.05) is 27.9 Å². The summed E-state index contributed by atoms with van der Waals surface area (Å²) in [6.07, 6.45) is -1.62. The van der Waals surface area contributed by atoms with Gasteiger partial charge in [0.2, 0.25) is 0 Å². The zero-order chi connectivity index (χ0) is 12.4. The van der Waals surface area contributed by atoms with Gasteiger partial charge in [0.15, 0.2) is 12.6 Å². The highest BCUT2D eigenvalue weighted by Crippen LogP contribution is 2.33. The Morgan fingerprint density at radius 3 is 2.24 bits per heavy atom. The molecule has 0 radical (unpaired) electrons. The van der Waals surface area contributed by atoms with Gasteiger partial charge in [-0.15, -0.1) is 0 Å². The number of rotatable bonds is 4. The van der Waals surface area contributed by atoms with Crippen molar-refractivity contribution in [2.24, 2.45) is 0 Å². The van der Waals surface area contributed by atoms with E-state index in [9.17, 15) is 0 Å². The van der Waals surface area contributed by atoms with Gasteiger partial charge >= 0.3 is 0 Å². The summed E-state index contributed by atoms with van der Waals surface area (Å²) in [5.74, 6) is 0. The first-order valence-electron chi connectivity index (χ1n) is 5.72. The zero-order valence-corrected chi connectivity index (χ0v) is 10.6. The molecule has 6 nitrogen and oxygen atoms in total. The Labute approximate surface area is 101 Å². The van der Waals surface area contributed by atoms with Crippen molar-refractivity contribution < 1.29 is 28.4 Å². The molecule has 6 atom stereocenters. The van der Waals surface area contributed by atoms with Crippen LogP contribution in [0.25, 0.3) is 0 Å². The van der Waals surface area contributed by atoms with Crippen LogP contribution in [0, 0.1) is 0 Å². The standard InChI is InChI=1S/C11H20O6/c1-6-15-10-9(14-4)8(13-3)7(5-12-2)17-11(10)16-6/h6-11H,5H2,1-4H3. The van der Waals surface area contributed by atoms with Crippen molar-refractivity contribution >= 4 is 0 Å². The minimum absolute atomic E-state index is 0.218. The summed E-state index contributed by atoms with van der Waals surface area (Å²) in [6, 6.07) is 0. The fourth-order valence-corrected chi connectivity index (χ4v) is 2.43. The molecule has 0 aromatic heterocycles. The quantitative estimate of drug-likeness (QED) is 0.706. The summed E-state index contributed by atoms with van der Waals surface area (Å²) in [6.45, 7) is 2.26. The molecule has 2 fully saturated rings. The molecular weight excluding hydrogens is 228 g/mol. The monoisotopic (exact) mass is 248 g/mol. The van der Waals surface area contributed by atoms with Crippen molar-refractivity contribution in [3.05, 3.63) is 0 Å². The Morgan fingerprint density at radius 2 is 1.65 bits per heavy atom. The zero-order valence-electron chi connectivity index (χ0n) is 10.6. The van der Waals surface area contributed by atoms with E-state index >= 15 is 0 Å². The van der Waals surface area contributed by atoms with Crippen molar-refractivity contribution in [3.63, 3.8) is 0 Å². The topological polar surface area (TPSA) is 55.4 Å². The van der Waals surface area contributed by atoms with Crippen molar-refractivity contribution in [2.45, 2.75) is 43.9 Å². The van der Waals surface area contributed by atoms with E-state index in [1.165, 1.54) is 0 Å². The largest absolute Gasteiger partial charge is 0.382 e. The van der Waals surface area contributed by atoms with Gasteiger partial charge in [0.1, 0.15) is 24.4 Å². The van der Waals surface area contributed by atoms with Crippen molar-refractivity contribution in [1.82, 2.24) is 0 Å². The van der Waals surface area contributed by atoms with Crippen LogP contribution in [0.2, 0.25) is 0 Å². The fraction of sp³-hybridized carbons (Fsp3) is 1.00. The maximum atomic E-state index is 5.78. The summed E-state index contributed by atoms with van der Waals surface area (Å²) >= 11 is 0. The predicted molar refractivity (Wildman–Crippen MR) is 57.6 cm³/mol. The molecule has 0 N–H and O–H groups in total. The van der Waals surface area contributed by atoms with E-state index in [2.05, 4.69) is 0 Å². The van der Waals surface area contributed by atoms with Crippen LogP contribution in [0.4, 0.5) is 0 Å². The van der Waals surface area contributed by atoms with Crippen molar-refractivity contribution in [3.8, 4) is 0 Å². The van der Waals surface area contributed by atoms with E-state index in [0.717, 1.165) is 0 Å².